The number of ketones is 1. The first kappa shape index (κ1) is 21.3. The Bertz CT molecular complexity index is 1330. The van der Waals surface area contributed by atoms with E-state index in [1.54, 1.807) is 66.7 Å². The van der Waals surface area contributed by atoms with E-state index in [4.69, 9.17) is 21.1 Å². The van der Waals surface area contributed by atoms with Crippen molar-refractivity contribution in [3.05, 3.63) is 105 Å². The Morgan fingerprint density at radius 2 is 1.66 bits per heavy atom. The Kier molecular flexibility index (Phi) is 6.28. The van der Waals surface area contributed by atoms with Gasteiger partial charge in [-0.2, -0.15) is 0 Å². The molecule has 160 valence electrons. The topological polar surface area (TPSA) is 98.3 Å². The van der Waals surface area contributed by atoms with Gasteiger partial charge in [0.15, 0.2) is 12.4 Å². The number of benzene rings is 3. The van der Waals surface area contributed by atoms with Crippen LogP contribution in [0.25, 0.3) is 10.9 Å². The Labute approximate surface area is 187 Å². The summed E-state index contributed by atoms with van der Waals surface area (Å²) in [4.78, 5) is 43.3. The van der Waals surface area contributed by atoms with Crippen molar-refractivity contribution in [1.82, 2.24) is 9.97 Å². The molecule has 1 heterocycles. The first-order valence-electron chi connectivity index (χ1n) is 9.66. The first-order valence-corrected chi connectivity index (χ1v) is 10.0. The van der Waals surface area contributed by atoms with Crippen LogP contribution in [0.15, 0.2) is 77.6 Å². The van der Waals surface area contributed by atoms with E-state index in [9.17, 15) is 14.4 Å². The lowest BCUT2D eigenvalue weighted by atomic mass is 10.0. The van der Waals surface area contributed by atoms with E-state index in [2.05, 4.69) is 9.97 Å². The summed E-state index contributed by atoms with van der Waals surface area (Å²) >= 11 is 5.94. The number of hydrogen-bond acceptors (Lipinski definition) is 6. The number of aromatic nitrogens is 2. The standard InChI is InChI=1S/C24H17ClN2O5/c25-17-8-11-19-20(12-17)26-21(27-24(19)30)13-32-22(28)14-31-18-9-6-16(7-10-18)23(29)15-4-2-1-3-5-15/h1-12H,13-14H2,(H,26,27,30). The largest absolute Gasteiger partial charge is 0.482 e. The highest BCUT2D eigenvalue weighted by Crippen LogP contribution is 2.16. The van der Waals surface area contributed by atoms with Crippen LogP contribution in [0.1, 0.15) is 21.7 Å². The van der Waals surface area contributed by atoms with Crippen molar-refractivity contribution in [2.75, 3.05) is 6.61 Å². The van der Waals surface area contributed by atoms with Crippen LogP contribution >= 0.6 is 11.6 Å². The Morgan fingerprint density at radius 1 is 0.938 bits per heavy atom. The van der Waals surface area contributed by atoms with Gasteiger partial charge in [-0.15, -0.1) is 0 Å². The number of H-pyrrole nitrogens is 1. The van der Waals surface area contributed by atoms with Gasteiger partial charge < -0.3 is 14.5 Å². The number of fused-ring (bicyclic) bond motifs is 1. The van der Waals surface area contributed by atoms with E-state index in [1.165, 1.54) is 0 Å². The van der Waals surface area contributed by atoms with Crippen LogP contribution < -0.4 is 10.3 Å². The van der Waals surface area contributed by atoms with Crippen molar-refractivity contribution in [3.8, 4) is 5.75 Å². The molecule has 4 aromatic rings. The molecular formula is C24H17ClN2O5. The molecule has 0 amide bonds. The summed E-state index contributed by atoms with van der Waals surface area (Å²) in [5.41, 5.74) is 1.16. The van der Waals surface area contributed by atoms with Gasteiger partial charge in [0.2, 0.25) is 0 Å². The number of halogens is 1. The van der Waals surface area contributed by atoms with Gasteiger partial charge in [0.1, 0.15) is 18.2 Å². The summed E-state index contributed by atoms with van der Waals surface area (Å²) in [6, 6.07) is 20.1. The van der Waals surface area contributed by atoms with Crippen LogP contribution in [-0.4, -0.2) is 28.3 Å². The van der Waals surface area contributed by atoms with Crippen molar-refractivity contribution < 1.29 is 19.1 Å². The van der Waals surface area contributed by atoms with Crippen LogP contribution in [0.5, 0.6) is 5.75 Å². The number of ether oxygens (including phenoxy) is 2. The highest BCUT2D eigenvalue weighted by atomic mass is 35.5. The van der Waals surface area contributed by atoms with Crippen LogP contribution in [-0.2, 0) is 16.1 Å². The van der Waals surface area contributed by atoms with Gasteiger partial charge in [0.05, 0.1) is 10.9 Å². The molecule has 32 heavy (non-hydrogen) atoms. The molecule has 7 nitrogen and oxygen atoms in total. The maximum absolute atomic E-state index is 12.4. The normalized spacial score (nSPS) is 10.7. The van der Waals surface area contributed by atoms with Gasteiger partial charge in [0, 0.05) is 16.1 Å². The van der Waals surface area contributed by atoms with Gasteiger partial charge in [-0.25, -0.2) is 9.78 Å². The average Bonchev–Trinajstić information content (AvgIpc) is 2.81. The lowest BCUT2D eigenvalue weighted by molar-refractivity contribution is -0.147. The van der Waals surface area contributed by atoms with E-state index in [0.717, 1.165) is 0 Å². The smallest absolute Gasteiger partial charge is 0.344 e. The second-order valence-electron chi connectivity index (χ2n) is 6.84. The Morgan fingerprint density at radius 3 is 2.41 bits per heavy atom. The number of nitrogens with zero attached hydrogens (tertiary/aromatic N) is 1. The number of carbonyl (C=O) groups excluding carboxylic acids is 2. The zero-order valence-corrected chi connectivity index (χ0v) is 17.5. The minimum atomic E-state index is -0.636. The second kappa shape index (κ2) is 9.45. The number of nitrogens with one attached hydrogen (secondary N) is 1. The van der Waals surface area contributed by atoms with E-state index < -0.39 is 5.97 Å². The third kappa shape index (κ3) is 5.01. The summed E-state index contributed by atoms with van der Waals surface area (Å²) in [5.74, 6) is -0.127. The summed E-state index contributed by atoms with van der Waals surface area (Å²) in [5, 5.41) is 0.838. The van der Waals surface area contributed by atoms with Crippen molar-refractivity contribution >= 4 is 34.3 Å². The molecule has 0 unspecified atom stereocenters. The van der Waals surface area contributed by atoms with Crippen molar-refractivity contribution in [2.45, 2.75) is 6.61 Å². The summed E-state index contributed by atoms with van der Waals surface area (Å²) in [6.45, 7) is -0.556. The molecule has 8 heteroatoms. The van der Waals surface area contributed by atoms with Crippen LogP contribution in [0, 0.1) is 0 Å². The third-order valence-electron chi connectivity index (χ3n) is 4.60. The van der Waals surface area contributed by atoms with Crippen LogP contribution in [0.3, 0.4) is 0 Å². The maximum atomic E-state index is 12.4. The molecule has 0 atom stereocenters. The van der Waals surface area contributed by atoms with Gasteiger partial charge in [-0.05, 0) is 42.5 Å². The minimum Gasteiger partial charge on any atom is -0.482 e. The van der Waals surface area contributed by atoms with E-state index >= 15 is 0 Å². The van der Waals surface area contributed by atoms with Crippen LogP contribution in [0.2, 0.25) is 5.02 Å². The quantitative estimate of drug-likeness (QED) is 0.340. The van der Waals surface area contributed by atoms with Gasteiger partial charge in [-0.3, -0.25) is 9.59 Å². The molecule has 1 N–H and O–H groups in total. The highest BCUT2D eigenvalue weighted by molar-refractivity contribution is 6.31. The second-order valence-corrected chi connectivity index (χ2v) is 7.28. The molecule has 4 rings (SSSR count). The molecule has 1 aromatic heterocycles. The number of hydrogen-bond donors (Lipinski definition) is 1. The minimum absolute atomic E-state index is 0.102. The zero-order valence-electron chi connectivity index (χ0n) is 16.7. The molecule has 0 radical (unpaired) electrons. The van der Waals surface area contributed by atoms with E-state index in [1.807, 2.05) is 6.07 Å². The van der Waals surface area contributed by atoms with Gasteiger partial charge in [0.25, 0.3) is 5.56 Å². The van der Waals surface area contributed by atoms with Crippen molar-refractivity contribution in [3.63, 3.8) is 0 Å². The number of rotatable bonds is 7. The molecule has 0 aliphatic heterocycles. The zero-order chi connectivity index (χ0) is 22.5. The molecular weight excluding hydrogens is 432 g/mol. The number of aromatic amines is 1. The van der Waals surface area contributed by atoms with E-state index in [0.29, 0.717) is 32.8 Å². The predicted molar refractivity (Wildman–Crippen MR) is 119 cm³/mol. The highest BCUT2D eigenvalue weighted by Gasteiger charge is 2.11. The summed E-state index contributed by atoms with van der Waals surface area (Å²) in [7, 11) is 0. The third-order valence-corrected chi connectivity index (χ3v) is 4.83. The van der Waals surface area contributed by atoms with Crippen LogP contribution in [0.4, 0.5) is 0 Å². The molecule has 0 bridgehead atoms. The van der Waals surface area contributed by atoms with Gasteiger partial charge >= 0.3 is 5.97 Å². The molecule has 3 aromatic carbocycles. The fourth-order valence-corrected chi connectivity index (χ4v) is 3.19. The molecule has 0 saturated carbocycles. The Hall–Kier alpha value is -3.97. The summed E-state index contributed by atoms with van der Waals surface area (Å²) < 4.78 is 10.5. The number of carbonyl (C=O) groups is 2. The monoisotopic (exact) mass is 448 g/mol. The first-order chi connectivity index (χ1) is 15.5. The average molecular weight is 449 g/mol. The number of esters is 1. The lowest BCUT2D eigenvalue weighted by Crippen LogP contribution is -2.18. The Balaban J connectivity index is 1.32. The van der Waals surface area contributed by atoms with Crippen molar-refractivity contribution in [1.29, 1.82) is 0 Å². The SMILES string of the molecule is O=C(COc1ccc(C(=O)c2ccccc2)cc1)OCc1nc2cc(Cl)ccc2c(=O)[nH]1. The van der Waals surface area contributed by atoms with E-state index in [-0.39, 0.29) is 30.4 Å². The molecule has 0 aliphatic rings. The van der Waals surface area contributed by atoms with Gasteiger partial charge in [-0.1, -0.05) is 41.9 Å². The molecule has 0 saturated heterocycles. The summed E-state index contributed by atoms with van der Waals surface area (Å²) in [6.07, 6.45) is 0. The lowest BCUT2D eigenvalue weighted by Gasteiger charge is -2.08. The maximum Gasteiger partial charge on any atom is 0.344 e. The fourth-order valence-electron chi connectivity index (χ4n) is 3.02. The molecule has 0 spiro atoms. The van der Waals surface area contributed by atoms with Crippen molar-refractivity contribution in [2.24, 2.45) is 0 Å². The predicted octanol–water partition coefficient (Wildman–Crippen LogP) is 3.93. The fraction of sp³-hybridized carbons (Fsp3) is 0.0833. The molecule has 0 aliphatic carbocycles. The molecule has 0 fully saturated rings.